The molecule has 0 saturated heterocycles. The normalized spacial score (nSPS) is 12.8. The average Bonchev–Trinajstić information content (AvgIpc) is 3.22. The van der Waals surface area contributed by atoms with Gasteiger partial charge in [-0.2, -0.15) is 0 Å². The number of unbranched alkanes of at least 4 members (excludes halogenated alkanes) is 2. The Kier molecular flexibility index (Phi) is 21.9. The van der Waals surface area contributed by atoms with Crippen molar-refractivity contribution >= 4 is 5.91 Å². The van der Waals surface area contributed by atoms with Gasteiger partial charge in [-0.05, 0) is 98.7 Å². The van der Waals surface area contributed by atoms with Gasteiger partial charge in [-0.1, -0.05) is 129 Å². The summed E-state index contributed by atoms with van der Waals surface area (Å²) in [4.78, 5) is 12.4. The van der Waals surface area contributed by atoms with Gasteiger partial charge in [-0.3, -0.25) is 4.79 Å². The molecule has 1 amide bonds. The van der Waals surface area contributed by atoms with Crippen LogP contribution in [0.1, 0.15) is 94.2 Å². The van der Waals surface area contributed by atoms with Crippen LogP contribution in [0.4, 0.5) is 0 Å². The minimum Gasteiger partial charge on any atom is -0.497 e. The highest BCUT2D eigenvalue weighted by molar-refractivity contribution is 5.75. The molecule has 0 aromatic heterocycles. The zero-order valence-electron chi connectivity index (χ0n) is 32.8. The van der Waals surface area contributed by atoms with E-state index in [0.29, 0.717) is 19.6 Å². The molecule has 1 atom stereocenters. The lowest BCUT2D eigenvalue weighted by Crippen LogP contribution is -2.35. The number of nitrogens with one attached hydrogen (secondary N) is 1. The van der Waals surface area contributed by atoms with Crippen molar-refractivity contribution < 1.29 is 24.1 Å². The summed E-state index contributed by atoms with van der Waals surface area (Å²) in [5.41, 5.74) is 1.98. The van der Waals surface area contributed by atoms with Gasteiger partial charge in [0.15, 0.2) is 0 Å². The van der Waals surface area contributed by atoms with Gasteiger partial charge in [0.05, 0.1) is 20.8 Å². The Morgan fingerprint density at radius 2 is 1.17 bits per heavy atom. The summed E-state index contributed by atoms with van der Waals surface area (Å²) in [6.07, 6.45) is 31.7. The Hall–Kier alpha value is -4.65. The predicted molar refractivity (Wildman–Crippen MR) is 224 cm³/mol. The molecule has 0 aliphatic heterocycles. The van der Waals surface area contributed by atoms with Gasteiger partial charge in [0, 0.05) is 25.5 Å². The number of benzene rings is 3. The first-order valence-electron chi connectivity index (χ1n) is 19.7. The van der Waals surface area contributed by atoms with Crippen molar-refractivity contribution in [2.45, 2.75) is 83.2 Å². The van der Waals surface area contributed by atoms with E-state index in [-0.39, 0.29) is 18.4 Å². The monoisotopic (exact) mass is 733 g/mol. The van der Waals surface area contributed by atoms with Crippen LogP contribution in [-0.2, 0) is 15.1 Å². The predicted octanol–water partition coefficient (Wildman–Crippen LogP) is 10.8. The number of ether oxygens (including phenoxy) is 3. The second kappa shape index (κ2) is 27.0. The number of allylic oxidation sites excluding steroid dienone is 10. The van der Waals surface area contributed by atoms with Gasteiger partial charge < -0.3 is 24.6 Å². The minimum atomic E-state index is -0.923. The van der Waals surface area contributed by atoms with E-state index in [0.717, 1.165) is 92.4 Å². The molecule has 6 nitrogen and oxygen atoms in total. The number of carbonyl (C=O) groups is 1. The third kappa shape index (κ3) is 15.8. The van der Waals surface area contributed by atoms with Gasteiger partial charge in [-0.15, -0.1) is 0 Å². The summed E-state index contributed by atoms with van der Waals surface area (Å²) >= 11 is 0. The fourth-order valence-electron chi connectivity index (χ4n) is 6.17. The number of carbonyl (C=O) groups excluding carboxylic acids is 1. The summed E-state index contributed by atoms with van der Waals surface area (Å²) in [5.74, 6) is 1.56. The first-order valence-corrected chi connectivity index (χ1v) is 19.7. The van der Waals surface area contributed by atoms with Gasteiger partial charge in [0.2, 0.25) is 5.91 Å². The molecule has 3 aromatic rings. The summed E-state index contributed by atoms with van der Waals surface area (Å²) in [7, 11) is 3.32. The van der Waals surface area contributed by atoms with Crippen LogP contribution in [0.15, 0.2) is 140 Å². The van der Waals surface area contributed by atoms with Crippen LogP contribution in [0, 0.1) is 5.92 Å². The third-order valence-corrected chi connectivity index (χ3v) is 9.26. The van der Waals surface area contributed by atoms with Gasteiger partial charge in [0.1, 0.15) is 17.1 Å². The van der Waals surface area contributed by atoms with E-state index in [9.17, 15) is 9.90 Å². The maximum absolute atomic E-state index is 12.4. The first-order chi connectivity index (χ1) is 26.6. The number of rotatable bonds is 27. The second-order valence-corrected chi connectivity index (χ2v) is 13.3. The molecule has 290 valence electrons. The molecule has 0 heterocycles. The maximum atomic E-state index is 12.4. The minimum absolute atomic E-state index is 0.0122. The number of hydrogen-bond acceptors (Lipinski definition) is 5. The van der Waals surface area contributed by atoms with E-state index in [1.54, 1.807) is 14.2 Å². The maximum Gasteiger partial charge on any atom is 0.220 e. The topological polar surface area (TPSA) is 77.0 Å². The Bertz CT molecular complexity index is 1520. The van der Waals surface area contributed by atoms with Crippen molar-refractivity contribution in [2.24, 2.45) is 5.92 Å². The highest BCUT2D eigenvalue weighted by atomic mass is 16.5. The van der Waals surface area contributed by atoms with Crippen molar-refractivity contribution in [3.63, 3.8) is 0 Å². The number of methoxy groups -OCH3 is 2. The third-order valence-electron chi connectivity index (χ3n) is 9.26. The Balaban J connectivity index is 1.41. The van der Waals surface area contributed by atoms with Gasteiger partial charge in [-0.25, -0.2) is 0 Å². The van der Waals surface area contributed by atoms with Crippen LogP contribution < -0.4 is 14.8 Å². The summed E-state index contributed by atoms with van der Waals surface area (Å²) < 4.78 is 17.9. The van der Waals surface area contributed by atoms with E-state index >= 15 is 0 Å². The standard InChI is InChI=1S/C48H63NO5/c1-4-5-6-7-8-9-10-11-12-13-14-15-16-17-18-19-23-29-47(51)49-38-25-24-26-41(39-50)40-54-48(42-27-21-20-22-28-42,43-30-34-45(52-2)35-31-43)44-32-36-46(53-3)37-33-44/h5-6,8-9,11-12,14-15,17-18,20-22,27-28,30-37,41,50H,4,7,10,13,16,19,23-26,29,38-40H2,1-3H3,(H,49,51)/b6-5-,9-8-,12-11-,15-14-,18-17-. The van der Waals surface area contributed by atoms with Crippen LogP contribution in [0.25, 0.3) is 0 Å². The molecule has 3 rings (SSSR count). The lowest BCUT2D eigenvalue weighted by atomic mass is 9.79. The molecule has 3 aromatic carbocycles. The number of hydrogen-bond donors (Lipinski definition) is 2. The fraction of sp³-hybridized carbons (Fsp3) is 0.396. The van der Waals surface area contributed by atoms with Gasteiger partial charge in [0.25, 0.3) is 0 Å². The number of aliphatic hydroxyl groups excluding tert-OH is 1. The molecule has 0 bridgehead atoms. The molecule has 6 heteroatoms. The molecule has 54 heavy (non-hydrogen) atoms. The Morgan fingerprint density at radius 3 is 1.67 bits per heavy atom. The molecule has 0 spiro atoms. The SMILES string of the molecule is CC/C=C\C/C=C\C/C=C\C/C=C\C/C=C\CCCC(=O)NCCCCC(CO)COC(c1ccccc1)(c1ccc(OC)cc1)c1ccc(OC)cc1. The molecular weight excluding hydrogens is 671 g/mol. The highest BCUT2D eigenvalue weighted by Gasteiger charge is 2.38. The van der Waals surface area contributed by atoms with Crippen molar-refractivity contribution in [3.05, 3.63) is 156 Å². The van der Waals surface area contributed by atoms with Crippen LogP contribution in [-0.4, -0.2) is 45.0 Å². The molecule has 0 fully saturated rings. The lowest BCUT2D eigenvalue weighted by Gasteiger charge is -2.37. The Labute approximate surface area is 325 Å². The second-order valence-electron chi connectivity index (χ2n) is 13.3. The van der Waals surface area contributed by atoms with E-state index in [4.69, 9.17) is 14.2 Å². The highest BCUT2D eigenvalue weighted by Crippen LogP contribution is 2.42. The van der Waals surface area contributed by atoms with Crippen LogP contribution in [0.3, 0.4) is 0 Å². The summed E-state index contributed by atoms with van der Waals surface area (Å²) in [6, 6.07) is 26.1. The zero-order chi connectivity index (χ0) is 38.5. The van der Waals surface area contributed by atoms with Crippen LogP contribution in [0.5, 0.6) is 11.5 Å². The Morgan fingerprint density at radius 1 is 0.667 bits per heavy atom. The lowest BCUT2D eigenvalue weighted by molar-refractivity contribution is -0.121. The van der Waals surface area contributed by atoms with Crippen LogP contribution >= 0.6 is 0 Å². The molecule has 0 radical (unpaired) electrons. The molecule has 1 unspecified atom stereocenters. The molecular formula is C48H63NO5. The zero-order valence-corrected chi connectivity index (χ0v) is 32.8. The average molecular weight is 734 g/mol. The van der Waals surface area contributed by atoms with Crippen molar-refractivity contribution in [2.75, 3.05) is 34.0 Å². The summed E-state index contributed by atoms with van der Waals surface area (Å²) in [6.45, 7) is 3.15. The summed E-state index contributed by atoms with van der Waals surface area (Å²) in [5, 5.41) is 13.5. The molecule has 0 aliphatic carbocycles. The number of amides is 1. The largest absolute Gasteiger partial charge is 0.497 e. The smallest absolute Gasteiger partial charge is 0.220 e. The van der Waals surface area contributed by atoms with E-state index < -0.39 is 5.60 Å². The van der Waals surface area contributed by atoms with Crippen molar-refractivity contribution in [1.29, 1.82) is 0 Å². The van der Waals surface area contributed by atoms with Gasteiger partial charge >= 0.3 is 0 Å². The van der Waals surface area contributed by atoms with E-state index in [2.05, 4.69) is 85.1 Å². The molecule has 2 N–H and O–H groups in total. The number of aliphatic hydroxyl groups is 1. The van der Waals surface area contributed by atoms with E-state index in [1.807, 2.05) is 66.7 Å². The first kappa shape index (κ1) is 43.8. The van der Waals surface area contributed by atoms with Crippen molar-refractivity contribution in [3.8, 4) is 11.5 Å². The van der Waals surface area contributed by atoms with Crippen molar-refractivity contribution in [1.82, 2.24) is 5.32 Å². The molecule has 0 aliphatic rings. The molecule has 0 saturated carbocycles. The quantitative estimate of drug-likeness (QED) is 0.0463. The van der Waals surface area contributed by atoms with Crippen LogP contribution in [0.2, 0.25) is 0 Å². The van der Waals surface area contributed by atoms with E-state index in [1.165, 1.54) is 0 Å². The fourth-order valence-corrected chi connectivity index (χ4v) is 6.17.